The van der Waals surface area contributed by atoms with Crippen LogP contribution in [0.3, 0.4) is 0 Å². The number of amides is 1. The van der Waals surface area contributed by atoms with Gasteiger partial charge in [-0.3, -0.25) is 9.59 Å². The first-order valence-corrected chi connectivity index (χ1v) is 28.9. The zero-order valence-corrected chi connectivity index (χ0v) is 44.1. The molecule has 0 aromatic rings. The molecule has 0 aliphatic heterocycles. The monoisotopic (exact) mass is 926 g/mol. The molecule has 0 aromatic carbocycles. The second kappa shape index (κ2) is 53.8. The van der Waals surface area contributed by atoms with Gasteiger partial charge < -0.3 is 20.3 Å². The summed E-state index contributed by atoms with van der Waals surface area (Å²) in [5.41, 5.74) is 0. The number of aliphatic hydroxyl groups is 2. The first-order valence-electron chi connectivity index (χ1n) is 28.9. The van der Waals surface area contributed by atoms with E-state index >= 15 is 0 Å². The average Bonchev–Trinajstić information content (AvgIpc) is 3.31. The maximum Gasteiger partial charge on any atom is 0.306 e. The third-order valence-electron chi connectivity index (χ3n) is 13.1. The number of hydrogen-bond acceptors (Lipinski definition) is 5. The van der Waals surface area contributed by atoms with Crippen molar-refractivity contribution in [2.24, 2.45) is 0 Å². The summed E-state index contributed by atoms with van der Waals surface area (Å²) >= 11 is 0. The Morgan fingerprint density at radius 1 is 0.439 bits per heavy atom. The van der Waals surface area contributed by atoms with Gasteiger partial charge in [-0.25, -0.2) is 0 Å². The zero-order chi connectivity index (χ0) is 48.1. The molecular formula is C60H111NO5. The highest BCUT2D eigenvalue weighted by Crippen LogP contribution is 2.18. The number of hydrogen-bond donors (Lipinski definition) is 3. The molecule has 3 unspecified atom stereocenters. The molecule has 0 rings (SSSR count). The molecule has 0 spiro atoms. The Morgan fingerprint density at radius 3 is 1.23 bits per heavy atom. The summed E-state index contributed by atoms with van der Waals surface area (Å²) in [4.78, 5) is 26.3. The molecular weight excluding hydrogens is 815 g/mol. The Balaban J connectivity index is 4.60. The highest BCUT2D eigenvalue weighted by molar-refractivity contribution is 5.77. The Bertz CT molecular complexity index is 1130. The fraction of sp³-hybridized carbons (Fsp3) is 0.833. The van der Waals surface area contributed by atoms with Crippen LogP contribution >= 0.6 is 0 Å². The lowest BCUT2D eigenvalue weighted by molar-refractivity contribution is -0.151. The van der Waals surface area contributed by atoms with Crippen molar-refractivity contribution in [2.75, 3.05) is 6.61 Å². The lowest BCUT2D eigenvalue weighted by atomic mass is 10.0. The fourth-order valence-corrected chi connectivity index (χ4v) is 8.73. The summed E-state index contributed by atoms with van der Waals surface area (Å²) in [5, 5.41) is 23.9. The van der Waals surface area contributed by atoms with Crippen molar-refractivity contribution < 1.29 is 24.5 Å². The molecule has 0 saturated carbocycles. The van der Waals surface area contributed by atoms with E-state index in [2.05, 4.69) is 74.7 Å². The summed E-state index contributed by atoms with van der Waals surface area (Å²) in [6.07, 6.45) is 66.0. The van der Waals surface area contributed by atoms with Gasteiger partial charge in [0.05, 0.1) is 25.2 Å². The van der Waals surface area contributed by atoms with Crippen LogP contribution in [0.1, 0.15) is 297 Å². The fourth-order valence-electron chi connectivity index (χ4n) is 8.73. The lowest BCUT2D eigenvalue weighted by Gasteiger charge is -2.24. The molecule has 0 bridgehead atoms. The third kappa shape index (κ3) is 48.3. The largest absolute Gasteiger partial charge is 0.462 e. The SMILES string of the molecule is CCCCC/C=C\C/C=C\C/C=C\CCCCCCC(CC(=O)NC(CO)C(O)CCCCCCCCCCCCCCCCC)OC(=O)CCCCCCCCC/C=C\CCCCCC. The predicted molar refractivity (Wildman–Crippen MR) is 287 cm³/mol. The van der Waals surface area contributed by atoms with Crippen LogP contribution in [0.4, 0.5) is 0 Å². The van der Waals surface area contributed by atoms with Gasteiger partial charge in [0.1, 0.15) is 6.10 Å². The molecule has 6 heteroatoms. The number of carbonyl (C=O) groups excluding carboxylic acids is 2. The average molecular weight is 927 g/mol. The van der Waals surface area contributed by atoms with Crippen LogP contribution in [0.25, 0.3) is 0 Å². The minimum absolute atomic E-state index is 0.0624. The van der Waals surface area contributed by atoms with E-state index in [1.54, 1.807) is 0 Å². The molecule has 66 heavy (non-hydrogen) atoms. The van der Waals surface area contributed by atoms with Crippen molar-refractivity contribution in [3.63, 3.8) is 0 Å². The van der Waals surface area contributed by atoms with Crippen LogP contribution in [-0.2, 0) is 14.3 Å². The highest BCUT2D eigenvalue weighted by Gasteiger charge is 2.24. The summed E-state index contributed by atoms with van der Waals surface area (Å²) in [5.74, 6) is -0.490. The number of rotatable bonds is 52. The smallest absolute Gasteiger partial charge is 0.306 e. The Hall–Kier alpha value is -2.18. The van der Waals surface area contributed by atoms with Crippen LogP contribution in [0.5, 0.6) is 0 Å². The molecule has 0 aliphatic rings. The molecule has 0 fully saturated rings. The van der Waals surface area contributed by atoms with Gasteiger partial charge >= 0.3 is 5.97 Å². The van der Waals surface area contributed by atoms with E-state index in [1.165, 1.54) is 167 Å². The van der Waals surface area contributed by atoms with E-state index in [9.17, 15) is 19.8 Å². The van der Waals surface area contributed by atoms with Crippen LogP contribution in [0.2, 0.25) is 0 Å². The van der Waals surface area contributed by atoms with Crippen molar-refractivity contribution in [1.82, 2.24) is 5.32 Å². The quantitative estimate of drug-likeness (QED) is 0.0321. The van der Waals surface area contributed by atoms with E-state index in [0.717, 1.165) is 83.5 Å². The van der Waals surface area contributed by atoms with Crippen LogP contribution in [0.15, 0.2) is 48.6 Å². The van der Waals surface area contributed by atoms with Gasteiger partial charge in [0.15, 0.2) is 0 Å². The van der Waals surface area contributed by atoms with Crippen LogP contribution in [0, 0.1) is 0 Å². The maximum atomic E-state index is 13.3. The standard InChI is InChI=1S/C60H111NO5/c1-4-7-10-13-16-19-22-25-28-29-32-33-36-39-42-45-48-51-56(66-60(65)53-50-47-44-41-38-35-31-27-24-21-18-15-12-9-6-3)54-59(64)61-57(55-62)58(63)52-49-46-43-40-37-34-30-26-23-20-17-14-11-8-5-2/h16,19,21,24-25,28,32-33,56-58,62-63H,4-15,17-18,20,22-23,26-27,29-31,34-55H2,1-3H3,(H,61,64)/b19-16-,24-21-,28-25-,33-32-. The molecule has 0 heterocycles. The first kappa shape index (κ1) is 63.8. The van der Waals surface area contributed by atoms with Gasteiger partial charge in [0.2, 0.25) is 5.91 Å². The van der Waals surface area contributed by atoms with Gasteiger partial charge in [-0.1, -0.05) is 243 Å². The van der Waals surface area contributed by atoms with Crippen molar-refractivity contribution in [3.05, 3.63) is 48.6 Å². The maximum absolute atomic E-state index is 13.3. The Kier molecular flexibility index (Phi) is 52.0. The number of allylic oxidation sites excluding steroid dienone is 8. The van der Waals surface area contributed by atoms with Crippen molar-refractivity contribution in [2.45, 2.75) is 315 Å². The normalized spacial score (nSPS) is 13.5. The molecule has 1 amide bonds. The second-order valence-electron chi connectivity index (χ2n) is 19.7. The second-order valence-corrected chi connectivity index (χ2v) is 19.7. The van der Waals surface area contributed by atoms with Gasteiger partial charge in [0, 0.05) is 6.42 Å². The van der Waals surface area contributed by atoms with Gasteiger partial charge in [0.25, 0.3) is 0 Å². The van der Waals surface area contributed by atoms with Crippen molar-refractivity contribution in [3.8, 4) is 0 Å². The predicted octanol–water partition coefficient (Wildman–Crippen LogP) is 17.8. The number of aliphatic hydroxyl groups excluding tert-OH is 2. The third-order valence-corrected chi connectivity index (χ3v) is 13.1. The van der Waals surface area contributed by atoms with E-state index in [1.807, 2.05) is 0 Å². The molecule has 386 valence electrons. The van der Waals surface area contributed by atoms with E-state index < -0.39 is 18.2 Å². The number of carbonyl (C=O) groups is 2. The number of nitrogens with one attached hydrogen (secondary N) is 1. The van der Waals surface area contributed by atoms with Crippen molar-refractivity contribution >= 4 is 11.9 Å². The van der Waals surface area contributed by atoms with Gasteiger partial charge in [-0.15, -0.1) is 0 Å². The number of ether oxygens (including phenoxy) is 1. The van der Waals surface area contributed by atoms with E-state index in [0.29, 0.717) is 19.3 Å². The molecule has 3 N–H and O–H groups in total. The first-order chi connectivity index (χ1) is 32.5. The van der Waals surface area contributed by atoms with Gasteiger partial charge in [-0.05, 0) is 89.9 Å². The summed E-state index contributed by atoms with van der Waals surface area (Å²) < 4.78 is 5.95. The Labute approximate surface area is 410 Å². The topological polar surface area (TPSA) is 95.9 Å². The number of unbranched alkanes of at least 4 members (excludes halogenated alkanes) is 32. The lowest BCUT2D eigenvalue weighted by Crippen LogP contribution is -2.46. The van der Waals surface area contributed by atoms with Gasteiger partial charge in [-0.2, -0.15) is 0 Å². The summed E-state index contributed by atoms with van der Waals surface area (Å²) in [6.45, 7) is 6.46. The summed E-state index contributed by atoms with van der Waals surface area (Å²) in [6, 6.07) is -0.710. The zero-order valence-electron chi connectivity index (χ0n) is 44.1. The number of esters is 1. The van der Waals surface area contributed by atoms with Crippen LogP contribution in [-0.4, -0.2) is 46.9 Å². The molecule has 0 aliphatic carbocycles. The molecule has 0 aromatic heterocycles. The Morgan fingerprint density at radius 2 is 0.773 bits per heavy atom. The van der Waals surface area contributed by atoms with E-state index in [-0.39, 0.29) is 24.9 Å². The molecule has 0 radical (unpaired) electrons. The summed E-state index contributed by atoms with van der Waals surface area (Å²) in [7, 11) is 0. The minimum Gasteiger partial charge on any atom is -0.462 e. The molecule has 3 atom stereocenters. The van der Waals surface area contributed by atoms with E-state index in [4.69, 9.17) is 4.74 Å². The van der Waals surface area contributed by atoms with Crippen LogP contribution < -0.4 is 5.32 Å². The molecule has 6 nitrogen and oxygen atoms in total. The van der Waals surface area contributed by atoms with Crippen molar-refractivity contribution in [1.29, 1.82) is 0 Å². The highest BCUT2D eigenvalue weighted by atomic mass is 16.5. The molecule has 0 saturated heterocycles. The minimum atomic E-state index is -0.795.